The van der Waals surface area contributed by atoms with Gasteiger partial charge in [0, 0.05) is 30.1 Å². The summed E-state index contributed by atoms with van der Waals surface area (Å²) in [5.74, 6) is -0.558. The van der Waals surface area contributed by atoms with Crippen molar-refractivity contribution in [1.82, 2.24) is 14.8 Å². The van der Waals surface area contributed by atoms with Gasteiger partial charge >= 0.3 is 0 Å². The number of piperidine rings is 1. The van der Waals surface area contributed by atoms with Crippen molar-refractivity contribution in [3.8, 4) is 0 Å². The van der Waals surface area contributed by atoms with Gasteiger partial charge in [0.25, 0.3) is 5.91 Å². The van der Waals surface area contributed by atoms with E-state index in [4.69, 9.17) is 0 Å². The van der Waals surface area contributed by atoms with E-state index in [0.717, 1.165) is 18.5 Å². The van der Waals surface area contributed by atoms with Crippen LogP contribution in [0.25, 0.3) is 0 Å². The monoisotopic (exact) mass is 359 g/mol. The smallest absolute Gasteiger partial charge is 0.253 e. The van der Waals surface area contributed by atoms with Gasteiger partial charge in [-0.2, -0.15) is 0 Å². The molecule has 0 saturated carbocycles. The summed E-state index contributed by atoms with van der Waals surface area (Å²) in [4.78, 5) is 33.5. The van der Waals surface area contributed by atoms with Crippen LogP contribution in [0, 0.1) is 11.7 Å². The fourth-order valence-corrected chi connectivity index (χ4v) is 4.23. The SMILES string of the molecule is O=C(c1ccc(F)cc1)N1C[C@@H]2CC[C@H](C1)N(Cc1cscn1)C2=O. The normalized spacial score (nSPS) is 23.0. The lowest BCUT2D eigenvalue weighted by Crippen LogP contribution is -2.47. The quantitative estimate of drug-likeness (QED) is 0.846. The van der Waals surface area contributed by atoms with Crippen LogP contribution in [0.3, 0.4) is 0 Å². The molecule has 130 valence electrons. The fraction of sp³-hybridized carbons (Fsp3) is 0.389. The number of thiazole rings is 1. The summed E-state index contributed by atoms with van der Waals surface area (Å²) in [6.07, 6.45) is 1.71. The van der Waals surface area contributed by atoms with Crippen LogP contribution >= 0.6 is 11.3 Å². The molecule has 1 aromatic carbocycles. The highest BCUT2D eigenvalue weighted by molar-refractivity contribution is 7.07. The molecule has 25 heavy (non-hydrogen) atoms. The molecule has 4 heterocycles. The topological polar surface area (TPSA) is 53.5 Å². The second-order valence-corrected chi connectivity index (χ2v) is 7.31. The van der Waals surface area contributed by atoms with Crippen molar-refractivity contribution in [3.63, 3.8) is 0 Å². The number of fused-ring (bicyclic) bond motifs is 4. The predicted molar refractivity (Wildman–Crippen MR) is 91.5 cm³/mol. The van der Waals surface area contributed by atoms with Crippen LogP contribution in [0.4, 0.5) is 4.39 Å². The Morgan fingerprint density at radius 1 is 1.24 bits per heavy atom. The lowest BCUT2D eigenvalue weighted by Gasteiger charge is -2.35. The Morgan fingerprint density at radius 3 is 2.76 bits per heavy atom. The van der Waals surface area contributed by atoms with Crippen molar-refractivity contribution < 1.29 is 14.0 Å². The van der Waals surface area contributed by atoms with E-state index < -0.39 is 0 Å². The van der Waals surface area contributed by atoms with Crippen LogP contribution in [0.1, 0.15) is 28.9 Å². The van der Waals surface area contributed by atoms with E-state index >= 15 is 0 Å². The second kappa shape index (κ2) is 6.55. The minimum Gasteiger partial charge on any atom is -0.336 e. The van der Waals surface area contributed by atoms with Gasteiger partial charge in [-0.05, 0) is 37.1 Å². The highest BCUT2D eigenvalue weighted by Gasteiger charge is 2.42. The van der Waals surface area contributed by atoms with Gasteiger partial charge in [-0.3, -0.25) is 9.59 Å². The van der Waals surface area contributed by atoms with Gasteiger partial charge in [0.05, 0.1) is 23.7 Å². The molecule has 3 aliphatic heterocycles. The first-order chi connectivity index (χ1) is 12.1. The molecule has 0 spiro atoms. The molecule has 2 amide bonds. The minimum atomic E-state index is -0.364. The largest absolute Gasteiger partial charge is 0.336 e. The van der Waals surface area contributed by atoms with Gasteiger partial charge < -0.3 is 9.80 Å². The van der Waals surface area contributed by atoms with Gasteiger partial charge in [-0.25, -0.2) is 9.37 Å². The van der Waals surface area contributed by atoms with Crippen molar-refractivity contribution in [2.45, 2.75) is 25.4 Å². The second-order valence-electron chi connectivity index (χ2n) is 6.59. The Hall–Kier alpha value is -2.28. The van der Waals surface area contributed by atoms with Gasteiger partial charge in [0.2, 0.25) is 5.91 Å². The van der Waals surface area contributed by atoms with Crippen molar-refractivity contribution in [1.29, 1.82) is 0 Å². The van der Waals surface area contributed by atoms with E-state index in [0.29, 0.717) is 25.2 Å². The number of amides is 2. The molecule has 5 nitrogen and oxygen atoms in total. The maximum atomic E-state index is 13.1. The lowest BCUT2D eigenvalue weighted by atomic mass is 9.94. The molecule has 7 heteroatoms. The van der Waals surface area contributed by atoms with Crippen molar-refractivity contribution in [2.24, 2.45) is 5.92 Å². The third-order valence-corrected chi connectivity index (χ3v) is 5.62. The molecule has 0 aliphatic carbocycles. The average molecular weight is 359 g/mol. The van der Waals surface area contributed by atoms with E-state index in [2.05, 4.69) is 4.98 Å². The molecule has 2 aromatic rings. The van der Waals surface area contributed by atoms with E-state index in [1.165, 1.54) is 35.6 Å². The van der Waals surface area contributed by atoms with E-state index in [1.807, 2.05) is 10.3 Å². The maximum absolute atomic E-state index is 13.1. The molecule has 0 unspecified atom stereocenters. The van der Waals surface area contributed by atoms with Crippen LogP contribution < -0.4 is 0 Å². The molecular weight excluding hydrogens is 341 g/mol. The van der Waals surface area contributed by atoms with Crippen LogP contribution in [0.5, 0.6) is 0 Å². The Morgan fingerprint density at radius 2 is 2.04 bits per heavy atom. The summed E-state index contributed by atoms with van der Waals surface area (Å²) in [7, 11) is 0. The van der Waals surface area contributed by atoms with E-state index in [9.17, 15) is 14.0 Å². The molecule has 5 rings (SSSR count). The number of carbonyl (C=O) groups is 2. The first-order valence-electron chi connectivity index (χ1n) is 8.34. The van der Waals surface area contributed by atoms with Crippen LogP contribution in [0.2, 0.25) is 0 Å². The highest BCUT2D eigenvalue weighted by Crippen LogP contribution is 2.31. The zero-order valence-corrected chi connectivity index (χ0v) is 14.4. The molecule has 3 fully saturated rings. The minimum absolute atomic E-state index is 0.0114. The third kappa shape index (κ3) is 3.16. The van der Waals surface area contributed by atoms with Crippen LogP contribution in [-0.2, 0) is 11.3 Å². The fourth-order valence-electron chi connectivity index (χ4n) is 3.68. The van der Waals surface area contributed by atoms with Gasteiger partial charge in [-0.15, -0.1) is 11.3 Å². The number of benzene rings is 1. The highest BCUT2D eigenvalue weighted by atomic mass is 32.1. The summed E-state index contributed by atoms with van der Waals surface area (Å²) >= 11 is 1.51. The summed E-state index contributed by atoms with van der Waals surface area (Å²) in [6.45, 7) is 1.45. The number of hydrogen-bond acceptors (Lipinski definition) is 4. The number of halogens is 1. The average Bonchev–Trinajstić information content (AvgIpc) is 2.98. The Balaban J connectivity index is 1.55. The summed E-state index contributed by atoms with van der Waals surface area (Å²) in [5.41, 5.74) is 3.11. The number of carbonyl (C=O) groups excluding carboxylic acids is 2. The van der Waals surface area contributed by atoms with Crippen LogP contribution in [-0.4, -0.2) is 45.7 Å². The van der Waals surface area contributed by atoms with Gasteiger partial charge in [0.1, 0.15) is 5.82 Å². The molecule has 0 N–H and O–H groups in total. The number of rotatable bonds is 3. The van der Waals surface area contributed by atoms with Crippen molar-refractivity contribution in [3.05, 3.63) is 52.2 Å². The van der Waals surface area contributed by atoms with Crippen molar-refractivity contribution in [2.75, 3.05) is 13.1 Å². The Kier molecular flexibility index (Phi) is 4.25. The Bertz CT molecular complexity index is 778. The van der Waals surface area contributed by atoms with Gasteiger partial charge in [-0.1, -0.05) is 0 Å². The molecular formula is C18H18FN3O2S. The third-order valence-electron chi connectivity index (χ3n) is 4.99. The number of aromatic nitrogens is 1. The standard InChI is InChI=1S/C18H18FN3O2S/c19-14-4-1-12(2-5-14)17(23)21-7-13-3-6-16(9-21)22(18(13)24)8-15-10-25-11-20-15/h1-2,4-5,10-11,13,16H,3,6-9H2/t13-,16+/m0/s1. The first kappa shape index (κ1) is 16.2. The summed E-state index contributed by atoms with van der Waals surface area (Å²) < 4.78 is 13.1. The molecule has 3 saturated heterocycles. The van der Waals surface area contributed by atoms with Gasteiger partial charge in [0.15, 0.2) is 0 Å². The van der Waals surface area contributed by atoms with E-state index in [-0.39, 0.29) is 29.6 Å². The number of nitrogens with zero attached hydrogens (tertiary/aromatic N) is 3. The molecule has 2 atom stereocenters. The van der Waals surface area contributed by atoms with Crippen LogP contribution in [0.15, 0.2) is 35.2 Å². The predicted octanol–water partition coefficient (Wildman–Crippen LogP) is 2.55. The molecule has 0 radical (unpaired) electrons. The Labute approximate surface area is 149 Å². The molecule has 1 aromatic heterocycles. The maximum Gasteiger partial charge on any atom is 0.253 e. The zero-order chi connectivity index (χ0) is 17.4. The summed E-state index contributed by atoms with van der Waals surface area (Å²) in [6, 6.07) is 5.59. The lowest BCUT2D eigenvalue weighted by molar-refractivity contribution is -0.140. The van der Waals surface area contributed by atoms with E-state index in [1.54, 1.807) is 10.4 Å². The number of hydrogen-bond donors (Lipinski definition) is 0. The molecule has 2 bridgehead atoms. The van der Waals surface area contributed by atoms with Crippen molar-refractivity contribution >= 4 is 23.2 Å². The summed E-state index contributed by atoms with van der Waals surface area (Å²) in [5, 5.41) is 1.95. The first-order valence-corrected chi connectivity index (χ1v) is 9.28. The zero-order valence-electron chi connectivity index (χ0n) is 13.6. The molecule has 3 aliphatic rings.